The normalized spacial score (nSPS) is 22.8. The van der Waals surface area contributed by atoms with Crippen molar-refractivity contribution in [2.45, 2.75) is 38.8 Å². The van der Waals surface area contributed by atoms with Gasteiger partial charge in [0.2, 0.25) is 11.8 Å². The molecule has 1 N–H and O–H groups in total. The molecule has 0 bridgehead atoms. The van der Waals surface area contributed by atoms with Crippen LogP contribution in [0.2, 0.25) is 0 Å². The van der Waals surface area contributed by atoms with Crippen molar-refractivity contribution >= 4 is 11.8 Å². The number of aryl methyl sites for hydroxylation is 1. The van der Waals surface area contributed by atoms with Gasteiger partial charge in [-0.15, -0.1) is 0 Å². The molecule has 1 atom stereocenters. The maximum absolute atomic E-state index is 12.5. The minimum atomic E-state index is -0.206. The topological polar surface area (TPSA) is 52.7 Å². The summed E-state index contributed by atoms with van der Waals surface area (Å²) in [6.07, 6.45) is 2.33. The average molecular weight is 329 g/mol. The Morgan fingerprint density at radius 2 is 1.88 bits per heavy atom. The number of hydrogen-bond acceptors (Lipinski definition) is 3. The van der Waals surface area contributed by atoms with Gasteiger partial charge in [0.05, 0.1) is 5.92 Å². The largest absolute Gasteiger partial charge is 0.353 e. The van der Waals surface area contributed by atoms with Gasteiger partial charge in [0.25, 0.3) is 0 Å². The molecule has 2 aliphatic rings. The van der Waals surface area contributed by atoms with Crippen LogP contribution in [-0.4, -0.2) is 54.3 Å². The Kier molecular flexibility index (Phi) is 5.19. The Morgan fingerprint density at radius 1 is 1.21 bits per heavy atom. The third-order valence-electron chi connectivity index (χ3n) is 5.14. The molecule has 0 saturated carbocycles. The molecule has 0 aromatic heterocycles. The summed E-state index contributed by atoms with van der Waals surface area (Å²) in [5.41, 5.74) is 2.33. The fourth-order valence-corrected chi connectivity index (χ4v) is 3.49. The second-order valence-corrected chi connectivity index (χ2v) is 7.25. The van der Waals surface area contributed by atoms with Crippen LogP contribution in [0.3, 0.4) is 0 Å². The van der Waals surface area contributed by atoms with Crippen LogP contribution in [0.1, 0.15) is 30.4 Å². The van der Waals surface area contributed by atoms with E-state index in [0.29, 0.717) is 19.5 Å². The van der Waals surface area contributed by atoms with Crippen LogP contribution in [0.25, 0.3) is 0 Å². The zero-order valence-corrected chi connectivity index (χ0v) is 14.6. The van der Waals surface area contributed by atoms with Gasteiger partial charge < -0.3 is 15.1 Å². The smallest absolute Gasteiger partial charge is 0.225 e. The predicted molar refractivity (Wildman–Crippen MR) is 93.4 cm³/mol. The minimum Gasteiger partial charge on any atom is -0.353 e. The molecule has 2 heterocycles. The maximum atomic E-state index is 12.5. The first-order valence-corrected chi connectivity index (χ1v) is 8.83. The van der Waals surface area contributed by atoms with Crippen LogP contribution in [0.15, 0.2) is 24.3 Å². The third kappa shape index (κ3) is 4.15. The molecule has 2 amide bonds. The van der Waals surface area contributed by atoms with Gasteiger partial charge >= 0.3 is 0 Å². The molecule has 0 radical (unpaired) electrons. The van der Waals surface area contributed by atoms with Crippen molar-refractivity contribution in [3.63, 3.8) is 0 Å². The van der Waals surface area contributed by atoms with Gasteiger partial charge in [-0.1, -0.05) is 29.8 Å². The van der Waals surface area contributed by atoms with E-state index in [4.69, 9.17) is 0 Å². The number of carbonyl (C=O) groups excluding carboxylic acids is 2. The summed E-state index contributed by atoms with van der Waals surface area (Å²) in [6.45, 7) is 5.22. The lowest BCUT2D eigenvalue weighted by Gasteiger charge is -2.30. The van der Waals surface area contributed by atoms with Crippen LogP contribution in [-0.2, 0) is 16.1 Å². The highest BCUT2D eigenvalue weighted by molar-refractivity contribution is 5.89. The zero-order valence-electron chi connectivity index (χ0n) is 14.6. The lowest BCUT2D eigenvalue weighted by Crippen LogP contribution is -2.45. The van der Waals surface area contributed by atoms with E-state index < -0.39 is 0 Å². The van der Waals surface area contributed by atoms with E-state index in [9.17, 15) is 9.59 Å². The molecule has 24 heavy (non-hydrogen) atoms. The molecular formula is C19H27N3O2. The number of benzene rings is 1. The summed E-state index contributed by atoms with van der Waals surface area (Å²) in [4.78, 5) is 28.8. The average Bonchev–Trinajstić information content (AvgIpc) is 2.93. The number of carbonyl (C=O) groups is 2. The molecule has 2 saturated heterocycles. The molecule has 130 valence electrons. The van der Waals surface area contributed by atoms with Gasteiger partial charge in [-0.05, 0) is 45.5 Å². The Morgan fingerprint density at radius 3 is 2.54 bits per heavy atom. The Labute approximate surface area is 144 Å². The summed E-state index contributed by atoms with van der Waals surface area (Å²) in [5, 5.41) is 3.15. The van der Waals surface area contributed by atoms with Crippen molar-refractivity contribution < 1.29 is 9.59 Å². The monoisotopic (exact) mass is 329 g/mol. The number of nitrogens with zero attached hydrogens (tertiary/aromatic N) is 2. The van der Waals surface area contributed by atoms with Gasteiger partial charge in [-0.25, -0.2) is 0 Å². The Balaban J connectivity index is 1.52. The number of nitrogens with one attached hydrogen (secondary N) is 1. The van der Waals surface area contributed by atoms with Gasteiger partial charge in [0.15, 0.2) is 0 Å². The molecule has 3 rings (SSSR count). The van der Waals surface area contributed by atoms with E-state index in [1.54, 1.807) is 0 Å². The molecule has 1 aromatic rings. The van der Waals surface area contributed by atoms with Crippen molar-refractivity contribution in [1.82, 2.24) is 15.1 Å². The second-order valence-electron chi connectivity index (χ2n) is 7.25. The van der Waals surface area contributed by atoms with E-state index in [1.165, 1.54) is 5.56 Å². The van der Waals surface area contributed by atoms with Crippen LogP contribution in [0.5, 0.6) is 0 Å². The predicted octanol–water partition coefficient (Wildman–Crippen LogP) is 1.55. The first-order valence-electron chi connectivity index (χ1n) is 8.83. The van der Waals surface area contributed by atoms with E-state index in [1.807, 2.05) is 11.8 Å². The minimum absolute atomic E-state index is 0.0457. The fraction of sp³-hybridized carbons (Fsp3) is 0.579. The van der Waals surface area contributed by atoms with Gasteiger partial charge in [0.1, 0.15) is 0 Å². The number of hydrogen-bond donors (Lipinski definition) is 1. The highest BCUT2D eigenvalue weighted by atomic mass is 16.2. The Hall–Kier alpha value is -1.88. The van der Waals surface area contributed by atoms with Crippen molar-refractivity contribution in [2.75, 3.05) is 26.7 Å². The standard InChI is InChI=1S/C19H27N3O2/c1-14-3-5-15(6-4-14)12-22-13-16(11-18(22)23)19(24)20-17-7-9-21(2)10-8-17/h3-6,16-17H,7-13H2,1-2H3,(H,20,24). The molecule has 2 fully saturated rings. The summed E-state index contributed by atoms with van der Waals surface area (Å²) < 4.78 is 0. The lowest BCUT2D eigenvalue weighted by molar-refractivity contribution is -0.129. The van der Waals surface area contributed by atoms with Crippen molar-refractivity contribution in [3.8, 4) is 0 Å². The molecule has 0 aliphatic carbocycles. The van der Waals surface area contributed by atoms with Crippen molar-refractivity contribution in [3.05, 3.63) is 35.4 Å². The van der Waals surface area contributed by atoms with E-state index in [-0.39, 0.29) is 23.8 Å². The maximum Gasteiger partial charge on any atom is 0.225 e. The number of amides is 2. The molecule has 5 heteroatoms. The van der Waals surface area contributed by atoms with Gasteiger partial charge in [-0.3, -0.25) is 9.59 Å². The number of likely N-dealkylation sites (tertiary alicyclic amines) is 2. The highest BCUT2D eigenvalue weighted by Gasteiger charge is 2.35. The molecular weight excluding hydrogens is 302 g/mol. The van der Waals surface area contributed by atoms with E-state index in [0.717, 1.165) is 31.5 Å². The lowest BCUT2D eigenvalue weighted by atomic mass is 10.0. The van der Waals surface area contributed by atoms with Crippen LogP contribution in [0.4, 0.5) is 0 Å². The number of rotatable bonds is 4. The zero-order chi connectivity index (χ0) is 17.1. The highest BCUT2D eigenvalue weighted by Crippen LogP contribution is 2.21. The van der Waals surface area contributed by atoms with Gasteiger partial charge in [-0.2, -0.15) is 0 Å². The molecule has 1 aromatic carbocycles. The Bertz CT molecular complexity index is 591. The van der Waals surface area contributed by atoms with E-state index in [2.05, 4.69) is 41.5 Å². The summed E-state index contributed by atoms with van der Waals surface area (Å²) in [6, 6.07) is 8.47. The first kappa shape index (κ1) is 17.0. The molecule has 0 spiro atoms. The van der Waals surface area contributed by atoms with Crippen LogP contribution < -0.4 is 5.32 Å². The first-order chi connectivity index (χ1) is 11.5. The molecule has 1 unspecified atom stereocenters. The van der Waals surface area contributed by atoms with Crippen molar-refractivity contribution in [2.24, 2.45) is 5.92 Å². The molecule has 5 nitrogen and oxygen atoms in total. The van der Waals surface area contributed by atoms with Crippen LogP contribution in [0, 0.1) is 12.8 Å². The second kappa shape index (κ2) is 7.34. The SMILES string of the molecule is Cc1ccc(CN2CC(C(=O)NC3CCN(C)CC3)CC2=O)cc1. The van der Waals surface area contributed by atoms with Gasteiger partial charge in [0, 0.05) is 25.6 Å². The summed E-state index contributed by atoms with van der Waals surface area (Å²) in [5.74, 6) is -0.0778. The fourth-order valence-electron chi connectivity index (χ4n) is 3.49. The van der Waals surface area contributed by atoms with E-state index >= 15 is 0 Å². The van der Waals surface area contributed by atoms with Crippen LogP contribution >= 0.6 is 0 Å². The summed E-state index contributed by atoms with van der Waals surface area (Å²) in [7, 11) is 2.11. The molecule has 2 aliphatic heterocycles. The third-order valence-corrected chi connectivity index (χ3v) is 5.14. The van der Waals surface area contributed by atoms with Crippen molar-refractivity contribution in [1.29, 1.82) is 0 Å². The quantitative estimate of drug-likeness (QED) is 0.912. The number of piperidine rings is 1. The summed E-state index contributed by atoms with van der Waals surface area (Å²) >= 11 is 0.